The number of anilines is 1. The molecule has 0 aliphatic carbocycles. The number of para-hydroxylation sites is 1. The van der Waals surface area contributed by atoms with Gasteiger partial charge in [0.05, 0.1) is 10.7 Å². The number of carbonyl (C=O) groups is 2. The Morgan fingerprint density at radius 3 is 2.31 bits per heavy atom. The largest absolute Gasteiger partial charge is 0.506 e. The van der Waals surface area contributed by atoms with E-state index in [1.165, 1.54) is 23.1 Å². The van der Waals surface area contributed by atoms with Crippen molar-refractivity contribution < 1.29 is 19.4 Å². The summed E-state index contributed by atoms with van der Waals surface area (Å²) in [6.07, 6.45) is 1.21. The predicted octanol–water partition coefficient (Wildman–Crippen LogP) is 5.32. The van der Waals surface area contributed by atoms with Gasteiger partial charge in [-0.15, -0.1) is 0 Å². The Balaban J connectivity index is 1.64. The number of thiocarbonyl (C=S) groups is 1. The number of carbonyl (C=O) groups excluding carboxylic acids is 2. The van der Waals surface area contributed by atoms with Crippen molar-refractivity contribution in [3.8, 4) is 17.2 Å². The Morgan fingerprint density at radius 1 is 0.969 bits per heavy atom. The van der Waals surface area contributed by atoms with Gasteiger partial charge >= 0.3 is 0 Å². The van der Waals surface area contributed by atoms with Crippen LogP contribution in [0.25, 0.3) is 6.08 Å². The lowest BCUT2D eigenvalue weighted by molar-refractivity contribution is -0.122. The van der Waals surface area contributed by atoms with E-state index in [9.17, 15) is 14.7 Å². The normalized spacial score (nSPS) is 15.1. The maximum atomic E-state index is 13.1. The summed E-state index contributed by atoms with van der Waals surface area (Å²) in [5, 5.41) is 12.8. The Bertz CT molecular complexity index is 1260. The number of phenolic OH excluding ortho intramolecular Hbond substituents is 1. The number of amides is 2. The maximum Gasteiger partial charge on any atom is 0.270 e. The van der Waals surface area contributed by atoms with Crippen LogP contribution >= 0.6 is 35.4 Å². The van der Waals surface area contributed by atoms with Gasteiger partial charge in [0.25, 0.3) is 11.8 Å². The molecule has 1 aliphatic heterocycles. The lowest BCUT2D eigenvalue weighted by Crippen LogP contribution is -2.54. The second-order valence-electron chi connectivity index (χ2n) is 6.69. The SMILES string of the molecule is O=C1NC(=S)N(c2ccc(Oc3ccccc3)cc2)C(=O)/C1=C/c1cc(Cl)cc(Cl)c1O. The van der Waals surface area contributed by atoms with Crippen LogP contribution in [-0.4, -0.2) is 22.0 Å². The van der Waals surface area contributed by atoms with Crippen LogP contribution in [0.3, 0.4) is 0 Å². The van der Waals surface area contributed by atoms with Crippen molar-refractivity contribution in [3.05, 3.63) is 87.9 Å². The number of aromatic hydroxyl groups is 1. The van der Waals surface area contributed by atoms with Gasteiger partial charge in [-0.2, -0.15) is 0 Å². The van der Waals surface area contributed by atoms with E-state index in [1.54, 1.807) is 24.3 Å². The summed E-state index contributed by atoms with van der Waals surface area (Å²) in [7, 11) is 0. The fourth-order valence-electron chi connectivity index (χ4n) is 3.03. The third kappa shape index (κ3) is 4.45. The van der Waals surface area contributed by atoms with E-state index >= 15 is 0 Å². The van der Waals surface area contributed by atoms with Crippen molar-refractivity contribution in [1.29, 1.82) is 0 Å². The van der Waals surface area contributed by atoms with E-state index in [1.807, 2.05) is 30.3 Å². The molecule has 160 valence electrons. The zero-order chi connectivity index (χ0) is 22.8. The standard InChI is InChI=1S/C23H14Cl2N2O4S/c24-14-10-13(20(28)19(25)12-14)11-18-21(29)26-23(32)27(22(18)30)15-6-8-17(9-7-15)31-16-4-2-1-3-5-16/h1-12,28H,(H,26,29,32)/b18-11+. The monoisotopic (exact) mass is 484 g/mol. The lowest BCUT2D eigenvalue weighted by Gasteiger charge is -2.29. The number of hydrogen-bond acceptors (Lipinski definition) is 5. The van der Waals surface area contributed by atoms with Gasteiger partial charge in [0.1, 0.15) is 22.8 Å². The number of nitrogens with zero attached hydrogens (tertiary/aromatic N) is 1. The van der Waals surface area contributed by atoms with Crippen molar-refractivity contribution in [1.82, 2.24) is 5.32 Å². The predicted molar refractivity (Wildman–Crippen MR) is 127 cm³/mol. The first-order valence-electron chi connectivity index (χ1n) is 9.26. The molecule has 0 spiro atoms. The molecular formula is C23H14Cl2N2O4S. The van der Waals surface area contributed by atoms with Gasteiger partial charge in [-0.05, 0) is 66.8 Å². The summed E-state index contributed by atoms with van der Waals surface area (Å²) in [6, 6.07) is 18.6. The Morgan fingerprint density at radius 2 is 1.62 bits per heavy atom. The fraction of sp³-hybridized carbons (Fsp3) is 0. The van der Waals surface area contributed by atoms with Gasteiger partial charge in [0.2, 0.25) is 0 Å². The molecule has 0 radical (unpaired) electrons. The summed E-state index contributed by atoms with van der Waals surface area (Å²) < 4.78 is 5.76. The fourth-order valence-corrected chi connectivity index (χ4v) is 3.82. The number of rotatable bonds is 4. The molecule has 0 unspecified atom stereocenters. The first kappa shape index (κ1) is 21.8. The molecule has 2 amide bonds. The molecule has 0 saturated carbocycles. The van der Waals surface area contributed by atoms with E-state index in [-0.39, 0.29) is 32.0 Å². The first-order chi connectivity index (χ1) is 15.3. The number of halogens is 2. The first-order valence-corrected chi connectivity index (χ1v) is 10.4. The van der Waals surface area contributed by atoms with Crippen LogP contribution in [0.2, 0.25) is 10.0 Å². The van der Waals surface area contributed by atoms with E-state index in [4.69, 9.17) is 40.2 Å². The van der Waals surface area contributed by atoms with Gasteiger partial charge in [0.15, 0.2) is 5.11 Å². The van der Waals surface area contributed by atoms with E-state index in [0.29, 0.717) is 17.2 Å². The van der Waals surface area contributed by atoms with Crippen LogP contribution in [0.1, 0.15) is 5.56 Å². The Labute approximate surface area is 198 Å². The van der Waals surface area contributed by atoms with E-state index in [0.717, 1.165) is 0 Å². The molecular weight excluding hydrogens is 471 g/mol. The van der Waals surface area contributed by atoms with Gasteiger partial charge in [-0.1, -0.05) is 41.4 Å². The van der Waals surface area contributed by atoms with Crippen molar-refractivity contribution in [2.24, 2.45) is 0 Å². The van der Waals surface area contributed by atoms with Crippen molar-refractivity contribution >= 4 is 64.1 Å². The highest BCUT2D eigenvalue weighted by molar-refractivity contribution is 7.80. The van der Waals surface area contributed by atoms with Crippen LogP contribution in [0, 0.1) is 0 Å². The van der Waals surface area contributed by atoms with Gasteiger partial charge in [-0.25, -0.2) is 0 Å². The second-order valence-corrected chi connectivity index (χ2v) is 7.92. The molecule has 9 heteroatoms. The Hall–Kier alpha value is -3.39. The minimum Gasteiger partial charge on any atom is -0.506 e. The van der Waals surface area contributed by atoms with Crippen LogP contribution < -0.4 is 15.0 Å². The highest BCUT2D eigenvalue weighted by Crippen LogP contribution is 2.33. The van der Waals surface area contributed by atoms with Gasteiger partial charge in [0, 0.05) is 10.6 Å². The Kier molecular flexibility index (Phi) is 6.14. The number of benzene rings is 3. The quantitative estimate of drug-likeness (QED) is 0.297. The lowest BCUT2D eigenvalue weighted by atomic mass is 10.1. The summed E-state index contributed by atoms with van der Waals surface area (Å²) in [5.41, 5.74) is 0.317. The van der Waals surface area contributed by atoms with Crippen molar-refractivity contribution in [3.63, 3.8) is 0 Å². The molecule has 0 bridgehead atoms. The number of hydrogen-bond donors (Lipinski definition) is 2. The smallest absolute Gasteiger partial charge is 0.270 e. The molecule has 2 N–H and O–H groups in total. The number of ether oxygens (including phenoxy) is 1. The third-order valence-corrected chi connectivity index (χ3v) is 5.32. The average Bonchev–Trinajstić information content (AvgIpc) is 2.76. The van der Waals surface area contributed by atoms with E-state index in [2.05, 4.69) is 5.32 Å². The minimum atomic E-state index is -0.698. The third-order valence-electron chi connectivity index (χ3n) is 4.53. The zero-order valence-corrected chi connectivity index (χ0v) is 18.5. The molecule has 3 aromatic carbocycles. The zero-order valence-electron chi connectivity index (χ0n) is 16.2. The molecule has 6 nitrogen and oxygen atoms in total. The maximum absolute atomic E-state index is 13.1. The van der Waals surface area contributed by atoms with Gasteiger partial charge < -0.3 is 9.84 Å². The molecule has 1 fully saturated rings. The van der Waals surface area contributed by atoms with Crippen LogP contribution in [0.4, 0.5) is 5.69 Å². The molecule has 1 saturated heterocycles. The summed E-state index contributed by atoms with van der Waals surface area (Å²) in [4.78, 5) is 26.8. The summed E-state index contributed by atoms with van der Waals surface area (Å²) >= 11 is 17.1. The van der Waals surface area contributed by atoms with Crippen molar-refractivity contribution in [2.75, 3.05) is 4.90 Å². The average molecular weight is 485 g/mol. The highest BCUT2D eigenvalue weighted by Gasteiger charge is 2.34. The molecule has 32 heavy (non-hydrogen) atoms. The molecule has 1 aliphatic rings. The van der Waals surface area contributed by atoms with Gasteiger partial charge in [-0.3, -0.25) is 19.8 Å². The summed E-state index contributed by atoms with van der Waals surface area (Å²) in [6.45, 7) is 0. The minimum absolute atomic E-state index is 0.00519. The van der Waals surface area contributed by atoms with Crippen LogP contribution in [0.5, 0.6) is 17.2 Å². The molecule has 4 rings (SSSR count). The molecule has 3 aromatic rings. The highest BCUT2D eigenvalue weighted by atomic mass is 35.5. The van der Waals surface area contributed by atoms with Crippen LogP contribution in [-0.2, 0) is 9.59 Å². The molecule has 0 atom stereocenters. The summed E-state index contributed by atoms with van der Waals surface area (Å²) in [5.74, 6) is -0.427. The topological polar surface area (TPSA) is 78.9 Å². The second kappa shape index (κ2) is 9.00. The number of nitrogens with one attached hydrogen (secondary N) is 1. The van der Waals surface area contributed by atoms with Crippen LogP contribution in [0.15, 0.2) is 72.3 Å². The van der Waals surface area contributed by atoms with Crippen molar-refractivity contribution in [2.45, 2.75) is 0 Å². The number of phenols is 1. The molecule has 0 aromatic heterocycles. The van der Waals surface area contributed by atoms with E-state index < -0.39 is 11.8 Å². The molecule has 1 heterocycles.